The zero-order valence-corrected chi connectivity index (χ0v) is 21.5. The van der Waals surface area contributed by atoms with E-state index < -0.39 is 5.67 Å². The first-order valence-corrected chi connectivity index (χ1v) is 13.3. The lowest BCUT2D eigenvalue weighted by atomic mass is 9.89. The minimum atomic E-state index is -1.14. The zero-order chi connectivity index (χ0) is 25.0. The van der Waals surface area contributed by atoms with Gasteiger partial charge in [0.25, 0.3) is 5.91 Å². The topological polar surface area (TPSA) is 23.6 Å². The molecule has 5 heteroatoms. The summed E-state index contributed by atoms with van der Waals surface area (Å²) in [6.07, 6.45) is 7.19. The SMILES string of the molecule is CCC1CCCN1C(=O)c1ccc(-c2ccc(CCC3CCN(CC(C)(C)F)CC3)cc2F)cc1. The van der Waals surface area contributed by atoms with E-state index in [-0.39, 0.29) is 11.7 Å². The zero-order valence-electron chi connectivity index (χ0n) is 21.5. The predicted molar refractivity (Wildman–Crippen MR) is 139 cm³/mol. The largest absolute Gasteiger partial charge is 0.336 e. The molecule has 1 amide bonds. The number of carbonyl (C=O) groups is 1. The number of amides is 1. The molecule has 4 rings (SSSR count). The second kappa shape index (κ2) is 11.2. The van der Waals surface area contributed by atoms with E-state index in [1.54, 1.807) is 19.9 Å². The summed E-state index contributed by atoms with van der Waals surface area (Å²) in [6, 6.07) is 13.2. The summed E-state index contributed by atoms with van der Waals surface area (Å²) in [5.41, 5.74) is 1.91. The highest BCUT2D eigenvalue weighted by Gasteiger charge is 2.28. The van der Waals surface area contributed by atoms with Gasteiger partial charge >= 0.3 is 0 Å². The predicted octanol–water partition coefficient (Wildman–Crippen LogP) is 6.90. The second-order valence-electron chi connectivity index (χ2n) is 11.1. The molecule has 3 nitrogen and oxygen atoms in total. The van der Waals surface area contributed by atoms with E-state index in [1.807, 2.05) is 41.3 Å². The van der Waals surface area contributed by atoms with Crippen molar-refractivity contribution in [1.82, 2.24) is 9.80 Å². The fourth-order valence-electron chi connectivity index (χ4n) is 5.77. The molecule has 2 saturated heterocycles. The molecule has 1 unspecified atom stereocenters. The summed E-state index contributed by atoms with van der Waals surface area (Å²) in [4.78, 5) is 17.1. The van der Waals surface area contributed by atoms with Crippen molar-refractivity contribution in [3.05, 3.63) is 59.4 Å². The van der Waals surface area contributed by atoms with Crippen molar-refractivity contribution in [3.63, 3.8) is 0 Å². The molecule has 2 aromatic rings. The number of likely N-dealkylation sites (tertiary alicyclic amines) is 2. The van der Waals surface area contributed by atoms with Crippen molar-refractivity contribution in [2.24, 2.45) is 5.92 Å². The van der Waals surface area contributed by atoms with E-state index in [4.69, 9.17) is 0 Å². The number of carbonyl (C=O) groups excluding carboxylic acids is 1. The Kier molecular flexibility index (Phi) is 8.26. The molecule has 0 N–H and O–H groups in total. The molecule has 0 spiro atoms. The molecule has 35 heavy (non-hydrogen) atoms. The van der Waals surface area contributed by atoms with Crippen molar-refractivity contribution in [3.8, 4) is 11.1 Å². The smallest absolute Gasteiger partial charge is 0.254 e. The molecular formula is C30H40F2N2O. The van der Waals surface area contributed by atoms with Crippen LogP contribution in [0.4, 0.5) is 8.78 Å². The Morgan fingerprint density at radius 1 is 1.03 bits per heavy atom. The van der Waals surface area contributed by atoms with Crippen LogP contribution >= 0.6 is 0 Å². The number of halogens is 2. The summed E-state index contributed by atoms with van der Waals surface area (Å²) in [5, 5.41) is 0. The van der Waals surface area contributed by atoms with Crippen LogP contribution in [0.5, 0.6) is 0 Å². The lowest BCUT2D eigenvalue weighted by Gasteiger charge is -2.34. The first-order chi connectivity index (χ1) is 16.7. The Hall–Kier alpha value is -2.27. The van der Waals surface area contributed by atoms with E-state index in [2.05, 4.69) is 11.8 Å². The molecule has 0 aromatic heterocycles. The third kappa shape index (κ3) is 6.69. The molecule has 2 heterocycles. The Bertz CT molecular complexity index is 990. The molecule has 1 atom stereocenters. The standard InChI is InChI=1S/C30H40F2N2O/c1-4-26-6-5-17-34(26)29(35)25-12-10-24(11-13-25)27-14-9-23(20-28(27)31)8-7-22-15-18-33(19-16-22)21-30(2,3)32/h9-14,20,22,26H,4-8,15-19,21H2,1-3H3. The van der Waals surface area contributed by atoms with Crippen molar-refractivity contribution in [2.75, 3.05) is 26.2 Å². The summed E-state index contributed by atoms with van der Waals surface area (Å²) in [6.45, 7) is 8.62. The third-order valence-electron chi connectivity index (χ3n) is 7.73. The van der Waals surface area contributed by atoms with Gasteiger partial charge in [-0.25, -0.2) is 8.78 Å². The molecule has 0 aliphatic carbocycles. The van der Waals surface area contributed by atoms with Gasteiger partial charge in [0.05, 0.1) is 0 Å². The van der Waals surface area contributed by atoms with Crippen LogP contribution in [0.3, 0.4) is 0 Å². The number of piperidine rings is 1. The fourth-order valence-corrected chi connectivity index (χ4v) is 5.77. The number of hydrogen-bond acceptors (Lipinski definition) is 2. The maximum absolute atomic E-state index is 15.0. The highest BCUT2D eigenvalue weighted by molar-refractivity contribution is 5.95. The van der Waals surface area contributed by atoms with Crippen molar-refractivity contribution >= 4 is 5.91 Å². The number of nitrogens with zero attached hydrogens (tertiary/aromatic N) is 2. The van der Waals surface area contributed by atoms with Crippen LogP contribution in [0.2, 0.25) is 0 Å². The Morgan fingerprint density at radius 3 is 2.37 bits per heavy atom. The van der Waals surface area contributed by atoms with Gasteiger partial charge in [-0.05, 0) is 107 Å². The Morgan fingerprint density at radius 2 is 1.74 bits per heavy atom. The van der Waals surface area contributed by atoms with Crippen LogP contribution in [-0.4, -0.2) is 53.6 Å². The normalized spacial score (nSPS) is 19.9. The minimum absolute atomic E-state index is 0.0796. The first-order valence-electron chi connectivity index (χ1n) is 13.3. The lowest BCUT2D eigenvalue weighted by Crippen LogP contribution is -2.41. The summed E-state index contributed by atoms with van der Waals surface area (Å²) < 4.78 is 28.9. The Balaban J connectivity index is 1.32. The Labute approximate surface area is 209 Å². The molecule has 0 saturated carbocycles. The van der Waals surface area contributed by atoms with E-state index >= 15 is 0 Å². The van der Waals surface area contributed by atoms with Crippen LogP contribution in [0.25, 0.3) is 11.1 Å². The van der Waals surface area contributed by atoms with Crippen molar-refractivity contribution in [2.45, 2.75) is 77.4 Å². The van der Waals surface area contributed by atoms with Gasteiger partial charge < -0.3 is 9.80 Å². The van der Waals surface area contributed by atoms with Gasteiger partial charge in [-0.15, -0.1) is 0 Å². The quantitative estimate of drug-likeness (QED) is 0.409. The monoisotopic (exact) mass is 482 g/mol. The minimum Gasteiger partial charge on any atom is -0.336 e. The average molecular weight is 483 g/mol. The van der Waals surface area contributed by atoms with Crippen molar-refractivity contribution in [1.29, 1.82) is 0 Å². The van der Waals surface area contributed by atoms with Gasteiger partial charge in [0, 0.05) is 30.3 Å². The molecule has 0 radical (unpaired) electrons. The van der Waals surface area contributed by atoms with Gasteiger partial charge in [-0.1, -0.05) is 31.2 Å². The van der Waals surface area contributed by atoms with E-state index in [9.17, 15) is 13.6 Å². The van der Waals surface area contributed by atoms with Gasteiger partial charge in [0.2, 0.25) is 0 Å². The van der Waals surface area contributed by atoms with Crippen LogP contribution in [0, 0.1) is 11.7 Å². The summed E-state index contributed by atoms with van der Waals surface area (Å²) in [5.74, 6) is 0.479. The van der Waals surface area contributed by atoms with Gasteiger partial charge in [-0.2, -0.15) is 0 Å². The highest BCUT2D eigenvalue weighted by atomic mass is 19.1. The van der Waals surface area contributed by atoms with Crippen LogP contribution in [-0.2, 0) is 6.42 Å². The highest BCUT2D eigenvalue weighted by Crippen LogP contribution is 2.28. The molecule has 190 valence electrons. The molecule has 2 aromatic carbocycles. The second-order valence-corrected chi connectivity index (χ2v) is 11.1. The van der Waals surface area contributed by atoms with E-state index in [1.165, 1.54) is 0 Å². The summed E-state index contributed by atoms with van der Waals surface area (Å²) >= 11 is 0. The molecule has 0 bridgehead atoms. The number of hydrogen-bond donors (Lipinski definition) is 0. The van der Waals surface area contributed by atoms with E-state index in [0.717, 1.165) is 75.7 Å². The van der Waals surface area contributed by atoms with E-state index in [0.29, 0.717) is 29.6 Å². The fraction of sp³-hybridized carbons (Fsp3) is 0.567. The number of benzene rings is 2. The maximum atomic E-state index is 15.0. The number of alkyl halides is 1. The van der Waals surface area contributed by atoms with Crippen LogP contribution < -0.4 is 0 Å². The van der Waals surface area contributed by atoms with Gasteiger partial charge in [-0.3, -0.25) is 4.79 Å². The average Bonchev–Trinajstić information content (AvgIpc) is 3.31. The van der Waals surface area contributed by atoms with Crippen LogP contribution in [0.15, 0.2) is 42.5 Å². The van der Waals surface area contributed by atoms with Gasteiger partial charge in [0.15, 0.2) is 0 Å². The first kappa shape index (κ1) is 25.8. The molecule has 2 aliphatic heterocycles. The number of rotatable bonds is 8. The lowest BCUT2D eigenvalue weighted by molar-refractivity contribution is 0.0733. The molecule has 2 fully saturated rings. The third-order valence-corrected chi connectivity index (χ3v) is 7.73. The van der Waals surface area contributed by atoms with Gasteiger partial charge in [0.1, 0.15) is 11.5 Å². The molecule has 2 aliphatic rings. The van der Waals surface area contributed by atoms with Crippen molar-refractivity contribution < 1.29 is 13.6 Å². The number of aryl methyl sites for hydroxylation is 1. The molecular weight excluding hydrogens is 442 g/mol. The maximum Gasteiger partial charge on any atom is 0.254 e. The summed E-state index contributed by atoms with van der Waals surface area (Å²) in [7, 11) is 0. The van der Waals surface area contributed by atoms with Crippen LogP contribution in [0.1, 0.15) is 75.2 Å².